The summed E-state index contributed by atoms with van der Waals surface area (Å²) in [6, 6.07) is 6.37. The summed E-state index contributed by atoms with van der Waals surface area (Å²) in [4.78, 5) is 14.0. The number of Topliss-reactive ketones (excluding diaryl/α,β-unsaturated/α-hetero) is 1. The zero-order valence-electron chi connectivity index (χ0n) is 10.1. The lowest BCUT2D eigenvalue weighted by Crippen LogP contribution is -2.22. The van der Waals surface area contributed by atoms with E-state index in [1.54, 1.807) is 0 Å². The van der Waals surface area contributed by atoms with Crippen LogP contribution in [0.4, 0.5) is 0 Å². The summed E-state index contributed by atoms with van der Waals surface area (Å²) in [5.74, 6) is 0.316. The normalized spacial score (nSPS) is 14.6. The van der Waals surface area contributed by atoms with E-state index in [1.807, 2.05) is 0 Å². The highest BCUT2D eigenvalue weighted by molar-refractivity contribution is 6.00. The van der Waals surface area contributed by atoms with Crippen molar-refractivity contribution in [3.8, 4) is 0 Å². The van der Waals surface area contributed by atoms with Crippen LogP contribution in [0.2, 0.25) is 0 Å². The smallest absolute Gasteiger partial charge is 0.163 e. The molecule has 0 spiro atoms. The molecular formula is C14H19NO. The molecule has 0 aromatic heterocycles. The van der Waals surface area contributed by atoms with Gasteiger partial charge in [-0.3, -0.25) is 9.69 Å². The Balaban J connectivity index is 2.18. The van der Waals surface area contributed by atoms with E-state index in [0.29, 0.717) is 12.2 Å². The molecule has 1 aromatic carbocycles. The van der Waals surface area contributed by atoms with E-state index in [2.05, 4.69) is 36.9 Å². The predicted octanol–water partition coefficient (Wildman–Crippen LogP) is 2.66. The molecule has 2 rings (SSSR count). The number of fused-ring (bicyclic) bond motifs is 1. The number of nitrogens with zero attached hydrogens (tertiary/aromatic N) is 1. The van der Waals surface area contributed by atoms with Gasteiger partial charge in [0, 0.05) is 18.5 Å². The van der Waals surface area contributed by atoms with Gasteiger partial charge in [-0.15, -0.1) is 0 Å². The quantitative estimate of drug-likeness (QED) is 0.772. The third kappa shape index (κ3) is 2.17. The van der Waals surface area contributed by atoms with E-state index in [0.717, 1.165) is 31.6 Å². The first-order chi connectivity index (χ1) is 7.74. The molecule has 16 heavy (non-hydrogen) atoms. The maximum Gasteiger partial charge on any atom is 0.163 e. The van der Waals surface area contributed by atoms with Crippen molar-refractivity contribution in [1.29, 1.82) is 0 Å². The van der Waals surface area contributed by atoms with Gasteiger partial charge in [0.15, 0.2) is 5.78 Å². The van der Waals surface area contributed by atoms with Crippen LogP contribution in [0.15, 0.2) is 18.2 Å². The van der Waals surface area contributed by atoms with Crippen molar-refractivity contribution in [1.82, 2.24) is 4.90 Å². The second-order valence-corrected chi connectivity index (χ2v) is 4.38. The fourth-order valence-electron chi connectivity index (χ4n) is 2.29. The van der Waals surface area contributed by atoms with Crippen LogP contribution in [0, 0.1) is 0 Å². The van der Waals surface area contributed by atoms with Crippen LogP contribution in [0.3, 0.4) is 0 Å². The molecule has 0 fully saturated rings. The highest BCUT2D eigenvalue weighted by Crippen LogP contribution is 2.23. The fourth-order valence-corrected chi connectivity index (χ4v) is 2.29. The minimum absolute atomic E-state index is 0.316. The maximum atomic E-state index is 11.6. The van der Waals surface area contributed by atoms with Crippen LogP contribution in [0.5, 0.6) is 0 Å². The number of rotatable bonds is 4. The van der Waals surface area contributed by atoms with E-state index in [-0.39, 0.29) is 0 Å². The van der Waals surface area contributed by atoms with Gasteiger partial charge in [-0.25, -0.2) is 0 Å². The lowest BCUT2D eigenvalue weighted by atomic mass is 10.1. The van der Waals surface area contributed by atoms with Gasteiger partial charge in [-0.05, 0) is 36.7 Å². The van der Waals surface area contributed by atoms with Crippen LogP contribution >= 0.6 is 0 Å². The van der Waals surface area contributed by atoms with Gasteiger partial charge in [-0.2, -0.15) is 0 Å². The zero-order chi connectivity index (χ0) is 11.5. The largest absolute Gasteiger partial charge is 0.300 e. The van der Waals surface area contributed by atoms with Gasteiger partial charge in [0.2, 0.25) is 0 Å². The Morgan fingerprint density at radius 1 is 1.19 bits per heavy atom. The second kappa shape index (κ2) is 4.79. The average molecular weight is 217 g/mol. The number of carbonyl (C=O) groups excluding carboxylic acids is 1. The molecule has 0 amide bonds. The van der Waals surface area contributed by atoms with Gasteiger partial charge >= 0.3 is 0 Å². The summed E-state index contributed by atoms with van der Waals surface area (Å²) in [7, 11) is 0. The minimum Gasteiger partial charge on any atom is -0.300 e. The molecule has 1 aliphatic carbocycles. The SMILES string of the molecule is CCN(CC)Cc1ccc2c(c1)C(=O)CC2. The Hall–Kier alpha value is -1.15. The topological polar surface area (TPSA) is 20.3 Å². The molecule has 1 aliphatic rings. The number of hydrogen-bond donors (Lipinski definition) is 0. The van der Waals surface area contributed by atoms with Gasteiger partial charge in [0.05, 0.1) is 0 Å². The molecule has 0 radical (unpaired) electrons. The third-order valence-corrected chi connectivity index (χ3v) is 3.40. The number of benzene rings is 1. The summed E-state index contributed by atoms with van der Waals surface area (Å²) in [5, 5.41) is 0. The highest BCUT2D eigenvalue weighted by Gasteiger charge is 2.19. The lowest BCUT2D eigenvalue weighted by Gasteiger charge is -2.18. The lowest BCUT2D eigenvalue weighted by molar-refractivity contribution is 0.0994. The fraction of sp³-hybridized carbons (Fsp3) is 0.500. The standard InChI is InChI=1S/C14H19NO/c1-3-15(4-2)10-11-5-6-12-7-8-14(16)13(12)9-11/h5-6,9H,3-4,7-8,10H2,1-2H3. The van der Waals surface area contributed by atoms with Gasteiger partial charge in [-0.1, -0.05) is 26.0 Å². The van der Waals surface area contributed by atoms with Crippen LogP contribution < -0.4 is 0 Å². The van der Waals surface area contributed by atoms with E-state index >= 15 is 0 Å². The molecule has 0 aliphatic heterocycles. The van der Waals surface area contributed by atoms with Crippen molar-refractivity contribution in [3.05, 3.63) is 34.9 Å². The Kier molecular flexibility index (Phi) is 3.39. The monoisotopic (exact) mass is 217 g/mol. The maximum absolute atomic E-state index is 11.6. The summed E-state index contributed by atoms with van der Waals surface area (Å²) in [6.07, 6.45) is 1.63. The summed E-state index contributed by atoms with van der Waals surface area (Å²) >= 11 is 0. The number of carbonyl (C=O) groups is 1. The Bertz CT molecular complexity index is 394. The van der Waals surface area contributed by atoms with E-state index in [4.69, 9.17) is 0 Å². The highest BCUT2D eigenvalue weighted by atomic mass is 16.1. The number of ketones is 1. The van der Waals surface area contributed by atoms with Crippen molar-refractivity contribution in [2.24, 2.45) is 0 Å². The summed E-state index contributed by atoms with van der Waals surface area (Å²) in [6.45, 7) is 7.40. The molecule has 0 bridgehead atoms. The van der Waals surface area contributed by atoms with Crippen molar-refractivity contribution < 1.29 is 4.79 Å². The minimum atomic E-state index is 0.316. The zero-order valence-corrected chi connectivity index (χ0v) is 10.1. The Morgan fingerprint density at radius 3 is 2.62 bits per heavy atom. The molecule has 86 valence electrons. The van der Waals surface area contributed by atoms with Crippen LogP contribution in [-0.2, 0) is 13.0 Å². The first kappa shape index (κ1) is 11.3. The van der Waals surface area contributed by atoms with Crippen LogP contribution in [-0.4, -0.2) is 23.8 Å². The van der Waals surface area contributed by atoms with Crippen LogP contribution in [0.25, 0.3) is 0 Å². The number of hydrogen-bond acceptors (Lipinski definition) is 2. The molecule has 1 aromatic rings. The molecule has 2 heteroatoms. The Labute approximate surface area is 97.3 Å². The molecule has 2 nitrogen and oxygen atoms in total. The van der Waals surface area contributed by atoms with Crippen molar-refractivity contribution in [3.63, 3.8) is 0 Å². The summed E-state index contributed by atoms with van der Waals surface area (Å²) in [5.41, 5.74) is 3.45. The molecule has 0 atom stereocenters. The van der Waals surface area contributed by atoms with E-state index < -0.39 is 0 Å². The summed E-state index contributed by atoms with van der Waals surface area (Å²) < 4.78 is 0. The number of aryl methyl sites for hydroxylation is 1. The molecule has 0 saturated heterocycles. The van der Waals surface area contributed by atoms with Gasteiger partial charge < -0.3 is 0 Å². The molecule has 0 heterocycles. The van der Waals surface area contributed by atoms with Gasteiger partial charge in [0.25, 0.3) is 0 Å². The first-order valence-electron chi connectivity index (χ1n) is 6.12. The van der Waals surface area contributed by atoms with Crippen molar-refractivity contribution in [2.75, 3.05) is 13.1 Å². The first-order valence-corrected chi connectivity index (χ1v) is 6.12. The van der Waals surface area contributed by atoms with Gasteiger partial charge in [0.1, 0.15) is 0 Å². The second-order valence-electron chi connectivity index (χ2n) is 4.38. The molecular weight excluding hydrogens is 198 g/mol. The molecule has 0 N–H and O–H groups in total. The Morgan fingerprint density at radius 2 is 1.94 bits per heavy atom. The van der Waals surface area contributed by atoms with Crippen LogP contribution in [0.1, 0.15) is 41.8 Å². The predicted molar refractivity (Wildman–Crippen MR) is 65.7 cm³/mol. The van der Waals surface area contributed by atoms with Crippen molar-refractivity contribution >= 4 is 5.78 Å². The molecule has 0 unspecified atom stereocenters. The third-order valence-electron chi connectivity index (χ3n) is 3.40. The molecule has 0 saturated carbocycles. The average Bonchev–Trinajstić information content (AvgIpc) is 2.68. The van der Waals surface area contributed by atoms with E-state index in [9.17, 15) is 4.79 Å². The van der Waals surface area contributed by atoms with E-state index in [1.165, 1.54) is 11.1 Å². The van der Waals surface area contributed by atoms with Crippen molar-refractivity contribution in [2.45, 2.75) is 33.2 Å².